The van der Waals surface area contributed by atoms with E-state index in [1.165, 1.54) is 18.2 Å². The lowest BCUT2D eigenvalue weighted by Gasteiger charge is -2.14. The van der Waals surface area contributed by atoms with Gasteiger partial charge in [0.15, 0.2) is 0 Å². The zero-order chi connectivity index (χ0) is 13.8. The molecule has 0 saturated carbocycles. The third-order valence-electron chi connectivity index (χ3n) is 3.61. The van der Waals surface area contributed by atoms with Crippen LogP contribution in [-0.2, 0) is 0 Å². The van der Waals surface area contributed by atoms with Gasteiger partial charge in [0.05, 0.1) is 5.56 Å². The van der Waals surface area contributed by atoms with Gasteiger partial charge in [-0.05, 0) is 43.6 Å². The van der Waals surface area contributed by atoms with Crippen LogP contribution in [0.4, 0.5) is 10.1 Å². The van der Waals surface area contributed by atoms with Crippen LogP contribution < -0.4 is 11.1 Å². The van der Waals surface area contributed by atoms with Crippen molar-refractivity contribution in [1.82, 2.24) is 10.2 Å². The van der Waals surface area contributed by atoms with Crippen LogP contribution >= 0.6 is 0 Å². The second-order valence-electron chi connectivity index (χ2n) is 5.00. The summed E-state index contributed by atoms with van der Waals surface area (Å²) >= 11 is 0. The molecule has 0 bridgehead atoms. The molecule has 0 aromatic heterocycles. The highest BCUT2D eigenvalue weighted by Gasteiger charge is 2.22. The van der Waals surface area contributed by atoms with E-state index in [4.69, 9.17) is 5.73 Å². The molecule has 104 valence electrons. The standard InChI is InChI=1S/C14H20FN3O/c1-2-18-6-5-10(9-18)8-17-14(19)12-4-3-11(16)7-13(12)15/h3-4,7,10H,2,5-6,8-9,16H2,1H3,(H,17,19). The summed E-state index contributed by atoms with van der Waals surface area (Å²) in [5.74, 6) is -0.479. The van der Waals surface area contributed by atoms with Crippen LogP contribution in [0.15, 0.2) is 18.2 Å². The van der Waals surface area contributed by atoms with Crippen LogP contribution in [-0.4, -0.2) is 37.0 Å². The van der Waals surface area contributed by atoms with Gasteiger partial charge in [-0.25, -0.2) is 4.39 Å². The maximum absolute atomic E-state index is 13.6. The first-order chi connectivity index (χ1) is 9.10. The van der Waals surface area contributed by atoms with E-state index in [2.05, 4.69) is 17.1 Å². The Hall–Kier alpha value is -1.62. The lowest BCUT2D eigenvalue weighted by atomic mass is 10.1. The summed E-state index contributed by atoms with van der Waals surface area (Å²) in [7, 11) is 0. The molecular weight excluding hydrogens is 245 g/mol. The first-order valence-electron chi connectivity index (χ1n) is 6.65. The Labute approximate surface area is 112 Å². The monoisotopic (exact) mass is 265 g/mol. The van der Waals surface area contributed by atoms with Crippen molar-refractivity contribution < 1.29 is 9.18 Å². The lowest BCUT2D eigenvalue weighted by Crippen LogP contribution is -2.31. The maximum atomic E-state index is 13.6. The van der Waals surface area contributed by atoms with Crippen LogP contribution in [0.3, 0.4) is 0 Å². The minimum absolute atomic E-state index is 0.0551. The van der Waals surface area contributed by atoms with Gasteiger partial charge in [-0.2, -0.15) is 0 Å². The quantitative estimate of drug-likeness (QED) is 0.811. The van der Waals surface area contributed by atoms with E-state index in [1.54, 1.807) is 0 Å². The third kappa shape index (κ3) is 3.44. The van der Waals surface area contributed by atoms with E-state index in [1.807, 2.05) is 0 Å². The molecule has 0 radical (unpaired) electrons. The fourth-order valence-corrected chi connectivity index (χ4v) is 2.41. The van der Waals surface area contributed by atoms with E-state index in [0.717, 1.165) is 26.1 Å². The smallest absolute Gasteiger partial charge is 0.254 e. The summed E-state index contributed by atoms with van der Waals surface area (Å²) in [6, 6.07) is 4.13. The summed E-state index contributed by atoms with van der Waals surface area (Å²) in [5, 5.41) is 2.80. The number of nitrogens with two attached hydrogens (primary N) is 1. The average molecular weight is 265 g/mol. The van der Waals surface area contributed by atoms with Crippen LogP contribution in [0.25, 0.3) is 0 Å². The molecule has 1 saturated heterocycles. The number of carbonyl (C=O) groups is 1. The number of benzene rings is 1. The first kappa shape index (κ1) is 13.8. The van der Waals surface area contributed by atoms with E-state index in [9.17, 15) is 9.18 Å². The first-order valence-corrected chi connectivity index (χ1v) is 6.65. The molecule has 0 aliphatic carbocycles. The number of nitrogen functional groups attached to an aromatic ring is 1. The SMILES string of the molecule is CCN1CCC(CNC(=O)c2ccc(N)cc2F)C1. The minimum atomic E-state index is -0.570. The van der Waals surface area contributed by atoms with Gasteiger partial charge in [-0.3, -0.25) is 4.79 Å². The zero-order valence-electron chi connectivity index (χ0n) is 11.2. The van der Waals surface area contributed by atoms with Crippen molar-refractivity contribution in [2.45, 2.75) is 13.3 Å². The van der Waals surface area contributed by atoms with Gasteiger partial charge in [-0.1, -0.05) is 6.92 Å². The van der Waals surface area contributed by atoms with E-state index in [0.29, 0.717) is 18.2 Å². The Morgan fingerprint density at radius 1 is 1.58 bits per heavy atom. The van der Waals surface area contributed by atoms with Crippen molar-refractivity contribution in [3.63, 3.8) is 0 Å². The molecule has 3 N–H and O–H groups in total. The second kappa shape index (κ2) is 6.02. The van der Waals surface area contributed by atoms with Gasteiger partial charge < -0.3 is 16.0 Å². The molecular formula is C14H20FN3O. The normalized spacial score (nSPS) is 19.6. The van der Waals surface area contributed by atoms with E-state index in [-0.39, 0.29) is 11.5 Å². The van der Waals surface area contributed by atoms with Gasteiger partial charge in [0, 0.05) is 18.8 Å². The lowest BCUT2D eigenvalue weighted by molar-refractivity contribution is 0.0943. The van der Waals surface area contributed by atoms with Crippen molar-refractivity contribution in [1.29, 1.82) is 0 Å². The predicted octanol–water partition coefficient (Wildman–Crippen LogP) is 1.48. The van der Waals surface area contributed by atoms with Crippen LogP contribution in [0.1, 0.15) is 23.7 Å². The fourth-order valence-electron chi connectivity index (χ4n) is 2.41. The molecule has 1 aliphatic rings. The van der Waals surface area contributed by atoms with Crippen LogP contribution in [0, 0.1) is 11.7 Å². The number of anilines is 1. The summed E-state index contributed by atoms with van der Waals surface area (Å²) in [4.78, 5) is 14.2. The number of rotatable bonds is 4. The number of hydrogen-bond donors (Lipinski definition) is 2. The van der Waals surface area contributed by atoms with Gasteiger partial charge in [0.1, 0.15) is 5.82 Å². The van der Waals surface area contributed by atoms with Gasteiger partial charge >= 0.3 is 0 Å². The van der Waals surface area contributed by atoms with Gasteiger partial charge in [0.25, 0.3) is 5.91 Å². The molecule has 1 atom stereocenters. The number of halogens is 1. The van der Waals surface area contributed by atoms with Crippen LogP contribution in [0.2, 0.25) is 0 Å². The zero-order valence-corrected chi connectivity index (χ0v) is 11.2. The summed E-state index contributed by atoms with van der Waals surface area (Å²) in [6.45, 7) is 5.84. The molecule has 0 spiro atoms. The molecule has 1 heterocycles. The Morgan fingerprint density at radius 3 is 3.00 bits per heavy atom. The Bertz CT molecular complexity index is 464. The topological polar surface area (TPSA) is 58.4 Å². The summed E-state index contributed by atoms with van der Waals surface area (Å²) in [5.41, 5.74) is 5.83. The van der Waals surface area contributed by atoms with Crippen LogP contribution in [0.5, 0.6) is 0 Å². The molecule has 1 amide bonds. The second-order valence-corrected chi connectivity index (χ2v) is 5.00. The predicted molar refractivity (Wildman–Crippen MR) is 73.4 cm³/mol. The number of amides is 1. The molecule has 1 fully saturated rings. The highest BCUT2D eigenvalue weighted by Crippen LogP contribution is 2.15. The number of carbonyl (C=O) groups excluding carboxylic acids is 1. The van der Waals surface area contributed by atoms with E-state index < -0.39 is 5.82 Å². The Morgan fingerprint density at radius 2 is 2.37 bits per heavy atom. The molecule has 1 unspecified atom stereocenters. The van der Waals surface area contributed by atoms with E-state index >= 15 is 0 Å². The maximum Gasteiger partial charge on any atom is 0.254 e. The number of nitrogens with one attached hydrogen (secondary N) is 1. The van der Waals surface area contributed by atoms with Gasteiger partial charge in [-0.15, -0.1) is 0 Å². The molecule has 4 nitrogen and oxygen atoms in total. The highest BCUT2D eigenvalue weighted by molar-refractivity contribution is 5.94. The molecule has 2 rings (SSSR count). The minimum Gasteiger partial charge on any atom is -0.399 e. The molecule has 1 aliphatic heterocycles. The number of hydrogen-bond acceptors (Lipinski definition) is 3. The molecule has 5 heteroatoms. The average Bonchev–Trinajstić information content (AvgIpc) is 2.84. The molecule has 1 aromatic carbocycles. The van der Waals surface area contributed by atoms with Crippen molar-refractivity contribution in [2.75, 3.05) is 31.9 Å². The molecule has 1 aromatic rings. The van der Waals surface area contributed by atoms with Crippen molar-refractivity contribution in [2.24, 2.45) is 5.92 Å². The third-order valence-corrected chi connectivity index (χ3v) is 3.61. The fraction of sp³-hybridized carbons (Fsp3) is 0.500. The van der Waals surface area contributed by atoms with Gasteiger partial charge in [0.2, 0.25) is 0 Å². The largest absolute Gasteiger partial charge is 0.399 e. The van der Waals surface area contributed by atoms with Crippen molar-refractivity contribution in [3.05, 3.63) is 29.6 Å². The summed E-state index contributed by atoms with van der Waals surface area (Å²) in [6.07, 6.45) is 1.08. The van der Waals surface area contributed by atoms with Crippen molar-refractivity contribution >= 4 is 11.6 Å². The Kier molecular flexibility index (Phi) is 4.37. The molecule has 19 heavy (non-hydrogen) atoms. The number of likely N-dealkylation sites (tertiary alicyclic amines) is 1. The Balaban J connectivity index is 1.88. The summed E-state index contributed by atoms with van der Waals surface area (Å²) < 4.78 is 13.6. The highest BCUT2D eigenvalue weighted by atomic mass is 19.1. The van der Waals surface area contributed by atoms with Crippen molar-refractivity contribution in [3.8, 4) is 0 Å². The number of nitrogens with zero attached hydrogens (tertiary/aromatic N) is 1.